The van der Waals surface area contributed by atoms with Crippen LogP contribution in [0.25, 0.3) is 0 Å². The summed E-state index contributed by atoms with van der Waals surface area (Å²) in [5, 5.41) is 15.4. The van der Waals surface area contributed by atoms with Gasteiger partial charge in [-0.3, -0.25) is 0 Å². The second-order valence-corrected chi connectivity index (χ2v) is 6.71. The third-order valence-electron chi connectivity index (χ3n) is 3.87. The van der Waals surface area contributed by atoms with Gasteiger partial charge in [0.25, 0.3) is 0 Å². The molecule has 20 heavy (non-hydrogen) atoms. The Labute approximate surface area is 120 Å². The molecule has 1 aliphatic carbocycles. The SMILES string of the molecule is CC(C)(C)c1ccc(NC(=O)NCC2(O)CCC2)cc1. The maximum absolute atomic E-state index is 11.7. The lowest BCUT2D eigenvalue weighted by molar-refractivity contribution is -0.0287. The summed E-state index contributed by atoms with van der Waals surface area (Å²) < 4.78 is 0. The summed E-state index contributed by atoms with van der Waals surface area (Å²) in [4.78, 5) is 11.7. The number of rotatable bonds is 3. The lowest BCUT2D eigenvalue weighted by Crippen LogP contribution is -2.48. The number of hydrogen-bond donors (Lipinski definition) is 3. The van der Waals surface area contributed by atoms with Crippen molar-refractivity contribution < 1.29 is 9.90 Å². The summed E-state index contributed by atoms with van der Waals surface area (Å²) in [5.74, 6) is 0. The van der Waals surface area contributed by atoms with Gasteiger partial charge in [0.1, 0.15) is 0 Å². The monoisotopic (exact) mass is 276 g/mol. The lowest BCUT2D eigenvalue weighted by Gasteiger charge is -2.36. The molecule has 1 aromatic carbocycles. The second kappa shape index (κ2) is 5.44. The van der Waals surface area contributed by atoms with E-state index in [-0.39, 0.29) is 11.4 Å². The van der Waals surface area contributed by atoms with Gasteiger partial charge >= 0.3 is 6.03 Å². The van der Waals surface area contributed by atoms with E-state index in [1.54, 1.807) is 0 Å². The summed E-state index contributed by atoms with van der Waals surface area (Å²) in [6.07, 6.45) is 2.58. The summed E-state index contributed by atoms with van der Waals surface area (Å²) >= 11 is 0. The van der Waals surface area contributed by atoms with Gasteiger partial charge in [0.05, 0.1) is 5.60 Å². The molecule has 4 nitrogen and oxygen atoms in total. The van der Waals surface area contributed by atoms with Crippen LogP contribution in [0.4, 0.5) is 10.5 Å². The standard InChI is InChI=1S/C16H24N2O2/c1-15(2,3)12-5-7-13(8-6-12)18-14(19)17-11-16(20)9-4-10-16/h5-8,20H,4,9-11H2,1-3H3,(H2,17,18,19). The van der Waals surface area contributed by atoms with E-state index < -0.39 is 5.60 Å². The fourth-order valence-electron chi connectivity index (χ4n) is 2.24. The smallest absolute Gasteiger partial charge is 0.319 e. The first-order chi connectivity index (χ1) is 9.28. The van der Waals surface area contributed by atoms with Crippen molar-refractivity contribution in [2.24, 2.45) is 0 Å². The van der Waals surface area contributed by atoms with Crippen molar-refractivity contribution in [3.8, 4) is 0 Å². The Morgan fingerprint density at radius 2 is 1.85 bits per heavy atom. The van der Waals surface area contributed by atoms with Crippen molar-refractivity contribution >= 4 is 11.7 Å². The van der Waals surface area contributed by atoms with Gasteiger partial charge in [-0.05, 0) is 42.4 Å². The average molecular weight is 276 g/mol. The Morgan fingerprint density at radius 3 is 2.30 bits per heavy atom. The largest absolute Gasteiger partial charge is 0.388 e. The molecule has 4 heteroatoms. The Morgan fingerprint density at radius 1 is 1.25 bits per heavy atom. The number of amides is 2. The van der Waals surface area contributed by atoms with Gasteiger partial charge in [0, 0.05) is 12.2 Å². The predicted octanol–water partition coefficient (Wildman–Crippen LogP) is 3.02. The van der Waals surface area contributed by atoms with Gasteiger partial charge in [-0.1, -0.05) is 32.9 Å². The van der Waals surface area contributed by atoms with Gasteiger partial charge in [-0.25, -0.2) is 4.79 Å². The van der Waals surface area contributed by atoms with Gasteiger partial charge in [0.15, 0.2) is 0 Å². The zero-order valence-electron chi connectivity index (χ0n) is 12.5. The van der Waals surface area contributed by atoms with E-state index in [1.165, 1.54) is 5.56 Å². The van der Waals surface area contributed by atoms with Crippen LogP contribution < -0.4 is 10.6 Å². The molecular formula is C16H24N2O2. The maximum Gasteiger partial charge on any atom is 0.319 e. The van der Waals surface area contributed by atoms with Crippen molar-refractivity contribution in [3.05, 3.63) is 29.8 Å². The van der Waals surface area contributed by atoms with Crippen molar-refractivity contribution in [2.75, 3.05) is 11.9 Å². The van der Waals surface area contributed by atoms with Crippen molar-refractivity contribution in [3.63, 3.8) is 0 Å². The molecule has 0 aromatic heterocycles. The molecule has 0 heterocycles. The minimum absolute atomic E-state index is 0.105. The molecule has 0 unspecified atom stereocenters. The highest BCUT2D eigenvalue weighted by molar-refractivity contribution is 5.89. The molecule has 1 aromatic rings. The number of carbonyl (C=O) groups excluding carboxylic acids is 1. The predicted molar refractivity (Wildman–Crippen MR) is 81.0 cm³/mol. The third kappa shape index (κ3) is 3.73. The minimum Gasteiger partial charge on any atom is -0.388 e. The van der Waals surface area contributed by atoms with Gasteiger partial charge in [-0.2, -0.15) is 0 Å². The molecule has 110 valence electrons. The maximum atomic E-state index is 11.7. The number of nitrogens with one attached hydrogen (secondary N) is 2. The van der Waals surface area contributed by atoms with Crippen LogP contribution in [0.1, 0.15) is 45.6 Å². The van der Waals surface area contributed by atoms with Crippen LogP contribution in [-0.4, -0.2) is 23.3 Å². The Kier molecular flexibility index (Phi) is 4.04. The minimum atomic E-state index is -0.687. The van der Waals surface area contributed by atoms with Crippen LogP contribution in [0.2, 0.25) is 0 Å². The number of anilines is 1. The first-order valence-corrected chi connectivity index (χ1v) is 7.16. The zero-order chi connectivity index (χ0) is 14.8. The highest BCUT2D eigenvalue weighted by atomic mass is 16.3. The van der Waals surface area contributed by atoms with Crippen molar-refractivity contribution in [1.29, 1.82) is 0 Å². The van der Waals surface area contributed by atoms with Crippen LogP contribution in [0, 0.1) is 0 Å². The number of benzene rings is 1. The van der Waals surface area contributed by atoms with E-state index in [0.29, 0.717) is 6.54 Å². The summed E-state index contributed by atoms with van der Waals surface area (Å²) in [7, 11) is 0. The van der Waals surface area contributed by atoms with Crippen molar-refractivity contribution in [2.45, 2.75) is 51.0 Å². The topological polar surface area (TPSA) is 61.4 Å². The Hall–Kier alpha value is -1.55. The average Bonchev–Trinajstić information content (AvgIpc) is 2.33. The molecule has 3 N–H and O–H groups in total. The van der Waals surface area contributed by atoms with E-state index >= 15 is 0 Å². The molecule has 0 radical (unpaired) electrons. The molecule has 1 saturated carbocycles. The van der Waals surface area contributed by atoms with Crippen LogP contribution >= 0.6 is 0 Å². The summed E-state index contributed by atoms with van der Waals surface area (Å²) in [6.45, 7) is 6.78. The molecule has 1 aliphatic rings. The van der Waals surface area contributed by atoms with Gasteiger partial charge < -0.3 is 15.7 Å². The van der Waals surface area contributed by atoms with Crippen LogP contribution in [-0.2, 0) is 5.41 Å². The number of aliphatic hydroxyl groups is 1. The number of hydrogen-bond acceptors (Lipinski definition) is 2. The molecule has 0 atom stereocenters. The summed E-state index contributed by atoms with van der Waals surface area (Å²) in [6, 6.07) is 7.58. The van der Waals surface area contributed by atoms with Crippen LogP contribution in [0.3, 0.4) is 0 Å². The lowest BCUT2D eigenvalue weighted by atomic mass is 9.80. The first kappa shape index (κ1) is 14.9. The van der Waals surface area contributed by atoms with Gasteiger partial charge in [0.2, 0.25) is 0 Å². The van der Waals surface area contributed by atoms with E-state index in [2.05, 4.69) is 31.4 Å². The van der Waals surface area contributed by atoms with E-state index in [9.17, 15) is 9.90 Å². The molecule has 0 spiro atoms. The highest BCUT2D eigenvalue weighted by Crippen LogP contribution is 2.30. The fourth-order valence-corrected chi connectivity index (χ4v) is 2.24. The van der Waals surface area contributed by atoms with E-state index in [4.69, 9.17) is 0 Å². The number of carbonyl (C=O) groups is 1. The molecular weight excluding hydrogens is 252 g/mol. The zero-order valence-corrected chi connectivity index (χ0v) is 12.5. The fraction of sp³-hybridized carbons (Fsp3) is 0.562. The molecule has 2 rings (SSSR count). The molecule has 0 saturated heterocycles. The second-order valence-electron chi connectivity index (χ2n) is 6.71. The van der Waals surface area contributed by atoms with Crippen molar-refractivity contribution in [1.82, 2.24) is 5.32 Å². The van der Waals surface area contributed by atoms with E-state index in [1.807, 2.05) is 24.3 Å². The molecule has 0 aliphatic heterocycles. The normalized spacial score (nSPS) is 17.2. The van der Waals surface area contributed by atoms with Gasteiger partial charge in [-0.15, -0.1) is 0 Å². The molecule has 1 fully saturated rings. The Bertz CT molecular complexity index is 470. The summed E-state index contributed by atoms with van der Waals surface area (Å²) in [5.41, 5.74) is 1.41. The van der Waals surface area contributed by atoms with Crippen LogP contribution in [0.5, 0.6) is 0 Å². The Balaban J connectivity index is 1.85. The molecule has 2 amide bonds. The van der Waals surface area contributed by atoms with Crippen LogP contribution in [0.15, 0.2) is 24.3 Å². The first-order valence-electron chi connectivity index (χ1n) is 7.16. The third-order valence-corrected chi connectivity index (χ3v) is 3.87. The number of urea groups is 1. The van der Waals surface area contributed by atoms with E-state index in [0.717, 1.165) is 24.9 Å². The molecule has 0 bridgehead atoms. The highest BCUT2D eigenvalue weighted by Gasteiger charge is 2.34. The quantitative estimate of drug-likeness (QED) is 0.794.